The molecule has 0 fully saturated rings. The van der Waals surface area contributed by atoms with Gasteiger partial charge in [0, 0.05) is 12.3 Å². The van der Waals surface area contributed by atoms with Crippen molar-refractivity contribution in [3.63, 3.8) is 0 Å². The van der Waals surface area contributed by atoms with Crippen LogP contribution in [0.15, 0.2) is 30.3 Å². The second-order valence-corrected chi connectivity index (χ2v) is 5.22. The van der Waals surface area contributed by atoms with Crippen molar-refractivity contribution in [3.05, 3.63) is 35.9 Å². The summed E-state index contributed by atoms with van der Waals surface area (Å²) in [5.41, 5.74) is 1.09. The third kappa shape index (κ3) is 5.13. The van der Waals surface area contributed by atoms with Crippen LogP contribution >= 0.6 is 0 Å². The fraction of sp³-hybridized carbons (Fsp3) is 0.500. The highest BCUT2D eigenvalue weighted by molar-refractivity contribution is 5.76. The van der Waals surface area contributed by atoms with Crippen molar-refractivity contribution in [2.24, 2.45) is 11.8 Å². The van der Waals surface area contributed by atoms with E-state index in [9.17, 15) is 4.79 Å². The summed E-state index contributed by atoms with van der Waals surface area (Å²) in [6, 6.07) is 12.1. The Morgan fingerprint density at radius 2 is 1.89 bits per heavy atom. The molecule has 0 saturated heterocycles. The molecule has 0 heterocycles. The van der Waals surface area contributed by atoms with E-state index < -0.39 is 0 Å². The molecule has 1 aromatic rings. The molecule has 0 spiro atoms. The summed E-state index contributed by atoms with van der Waals surface area (Å²) in [4.78, 5) is 11.8. The molecular formula is C16H22N2O. The average Bonchev–Trinajstić information content (AvgIpc) is 2.40. The average molecular weight is 258 g/mol. The Labute approximate surface area is 115 Å². The monoisotopic (exact) mass is 258 g/mol. The molecule has 1 N–H and O–H groups in total. The molecule has 2 atom stereocenters. The van der Waals surface area contributed by atoms with E-state index in [1.54, 1.807) is 0 Å². The Balaban J connectivity index is 2.42. The van der Waals surface area contributed by atoms with Crippen molar-refractivity contribution in [1.29, 1.82) is 5.26 Å². The quantitative estimate of drug-likeness (QED) is 0.849. The summed E-state index contributed by atoms with van der Waals surface area (Å²) in [7, 11) is 0. The summed E-state index contributed by atoms with van der Waals surface area (Å²) in [5.74, 6) is 0.263. The second kappa shape index (κ2) is 7.58. The summed E-state index contributed by atoms with van der Waals surface area (Å²) >= 11 is 0. The van der Waals surface area contributed by atoms with Crippen molar-refractivity contribution in [1.82, 2.24) is 5.32 Å². The predicted molar refractivity (Wildman–Crippen MR) is 76.2 cm³/mol. The lowest BCUT2D eigenvalue weighted by atomic mass is 9.92. The highest BCUT2D eigenvalue weighted by atomic mass is 16.1. The minimum Gasteiger partial charge on any atom is -0.350 e. The Kier molecular flexibility index (Phi) is 6.08. The van der Waals surface area contributed by atoms with Crippen LogP contribution in [0.1, 0.15) is 45.2 Å². The Bertz CT molecular complexity index is 434. The van der Waals surface area contributed by atoms with Crippen LogP contribution in [0.25, 0.3) is 0 Å². The Morgan fingerprint density at radius 1 is 1.26 bits per heavy atom. The van der Waals surface area contributed by atoms with Gasteiger partial charge in [-0.25, -0.2) is 0 Å². The summed E-state index contributed by atoms with van der Waals surface area (Å²) < 4.78 is 0. The fourth-order valence-corrected chi connectivity index (χ4v) is 1.97. The van der Waals surface area contributed by atoms with Crippen LogP contribution in [0.3, 0.4) is 0 Å². The molecule has 3 heteroatoms. The van der Waals surface area contributed by atoms with E-state index in [0.717, 1.165) is 5.56 Å². The maximum absolute atomic E-state index is 11.8. The van der Waals surface area contributed by atoms with Crippen LogP contribution in [0.2, 0.25) is 0 Å². The molecular weight excluding hydrogens is 236 g/mol. The Hall–Kier alpha value is -1.82. The van der Waals surface area contributed by atoms with Crippen LogP contribution < -0.4 is 5.32 Å². The molecule has 0 aromatic heterocycles. The van der Waals surface area contributed by atoms with E-state index >= 15 is 0 Å². The van der Waals surface area contributed by atoms with Crippen molar-refractivity contribution in [2.45, 2.75) is 39.7 Å². The van der Waals surface area contributed by atoms with E-state index in [1.165, 1.54) is 0 Å². The number of nitrogens with one attached hydrogen (secondary N) is 1. The number of rotatable bonds is 6. The largest absolute Gasteiger partial charge is 0.350 e. The SMILES string of the molecule is CC(NC(=O)CCC(C#N)C(C)C)c1ccccc1. The van der Waals surface area contributed by atoms with Gasteiger partial charge in [-0.05, 0) is 24.8 Å². The fourth-order valence-electron chi connectivity index (χ4n) is 1.97. The van der Waals surface area contributed by atoms with Gasteiger partial charge in [0.15, 0.2) is 0 Å². The lowest BCUT2D eigenvalue weighted by molar-refractivity contribution is -0.122. The lowest BCUT2D eigenvalue weighted by Gasteiger charge is -2.16. The molecule has 1 amide bonds. The molecule has 0 aliphatic carbocycles. The van der Waals surface area contributed by atoms with Crippen molar-refractivity contribution in [3.8, 4) is 6.07 Å². The molecule has 1 aromatic carbocycles. The van der Waals surface area contributed by atoms with Crippen molar-refractivity contribution in [2.75, 3.05) is 0 Å². The first-order valence-corrected chi connectivity index (χ1v) is 6.78. The third-order valence-corrected chi connectivity index (χ3v) is 3.33. The maximum atomic E-state index is 11.8. The van der Waals surface area contributed by atoms with Gasteiger partial charge < -0.3 is 5.32 Å². The van der Waals surface area contributed by atoms with Crippen molar-refractivity contribution >= 4 is 5.91 Å². The first-order chi connectivity index (χ1) is 9.04. The standard InChI is InChI=1S/C16H22N2O/c1-12(2)15(11-17)9-10-16(19)18-13(3)14-7-5-4-6-8-14/h4-8,12-13,15H,9-10H2,1-3H3,(H,18,19). The van der Waals surface area contributed by atoms with Crippen molar-refractivity contribution < 1.29 is 4.79 Å². The zero-order valence-electron chi connectivity index (χ0n) is 11.9. The maximum Gasteiger partial charge on any atom is 0.220 e. The molecule has 0 radical (unpaired) electrons. The highest BCUT2D eigenvalue weighted by Crippen LogP contribution is 2.17. The molecule has 0 bridgehead atoms. The van der Waals surface area contributed by atoms with E-state index in [0.29, 0.717) is 18.8 Å². The molecule has 0 aliphatic heterocycles. The van der Waals surface area contributed by atoms with Crippen LogP contribution in [-0.4, -0.2) is 5.91 Å². The normalized spacial score (nSPS) is 13.6. The van der Waals surface area contributed by atoms with Gasteiger partial charge in [-0.15, -0.1) is 0 Å². The van der Waals surface area contributed by atoms with E-state index in [1.807, 2.05) is 51.1 Å². The second-order valence-electron chi connectivity index (χ2n) is 5.22. The first kappa shape index (κ1) is 15.2. The number of hydrogen-bond donors (Lipinski definition) is 1. The van der Waals surface area contributed by atoms with Gasteiger partial charge >= 0.3 is 0 Å². The first-order valence-electron chi connectivity index (χ1n) is 6.78. The number of carbonyl (C=O) groups is 1. The predicted octanol–water partition coefficient (Wildman–Crippen LogP) is 3.44. The van der Waals surface area contributed by atoms with Gasteiger partial charge in [-0.2, -0.15) is 5.26 Å². The minimum atomic E-state index is -0.0437. The molecule has 0 saturated carbocycles. The molecule has 19 heavy (non-hydrogen) atoms. The number of carbonyl (C=O) groups excluding carboxylic acids is 1. The molecule has 3 nitrogen and oxygen atoms in total. The molecule has 0 aliphatic rings. The van der Waals surface area contributed by atoms with Crippen LogP contribution in [0.4, 0.5) is 0 Å². The molecule has 2 unspecified atom stereocenters. The molecule has 1 rings (SSSR count). The number of hydrogen-bond acceptors (Lipinski definition) is 2. The van der Waals surface area contributed by atoms with Gasteiger partial charge in [-0.3, -0.25) is 4.79 Å². The van der Waals surface area contributed by atoms with Gasteiger partial charge in [0.25, 0.3) is 0 Å². The highest BCUT2D eigenvalue weighted by Gasteiger charge is 2.15. The zero-order valence-corrected chi connectivity index (χ0v) is 11.9. The molecule has 102 valence electrons. The lowest BCUT2D eigenvalue weighted by Crippen LogP contribution is -2.27. The van der Waals surface area contributed by atoms with Crippen LogP contribution in [0.5, 0.6) is 0 Å². The van der Waals surface area contributed by atoms with Gasteiger partial charge in [-0.1, -0.05) is 44.2 Å². The van der Waals surface area contributed by atoms with E-state index in [4.69, 9.17) is 5.26 Å². The Morgan fingerprint density at radius 3 is 2.42 bits per heavy atom. The van der Waals surface area contributed by atoms with Gasteiger partial charge in [0.2, 0.25) is 5.91 Å². The summed E-state index contributed by atoms with van der Waals surface area (Å²) in [6.45, 7) is 5.99. The summed E-state index contributed by atoms with van der Waals surface area (Å²) in [5, 5.41) is 12.0. The number of nitrogens with zero attached hydrogens (tertiary/aromatic N) is 1. The van der Waals surface area contributed by atoms with E-state index in [-0.39, 0.29) is 17.9 Å². The smallest absolute Gasteiger partial charge is 0.220 e. The van der Waals surface area contributed by atoms with E-state index in [2.05, 4.69) is 11.4 Å². The van der Waals surface area contributed by atoms with Crippen LogP contribution in [0, 0.1) is 23.2 Å². The topological polar surface area (TPSA) is 52.9 Å². The van der Waals surface area contributed by atoms with Crippen LogP contribution in [-0.2, 0) is 4.79 Å². The number of benzene rings is 1. The number of amides is 1. The summed E-state index contributed by atoms with van der Waals surface area (Å²) in [6.07, 6.45) is 1.04. The number of nitriles is 1. The van der Waals surface area contributed by atoms with Gasteiger partial charge in [0.1, 0.15) is 0 Å². The third-order valence-electron chi connectivity index (χ3n) is 3.33. The minimum absolute atomic E-state index is 0.00767. The zero-order chi connectivity index (χ0) is 14.3. The van der Waals surface area contributed by atoms with Gasteiger partial charge in [0.05, 0.1) is 12.1 Å².